The Kier molecular flexibility index (Phi) is 4.56. The number of aromatic nitrogens is 2. The average Bonchev–Trinajstić information content (AvgIpc) is 3.05. The van der Waals surface area contributed by atoms with Gasteiger partial charge in [-0.05, 0) is 50.7 Å². The number of amides is 2. The van der Waals surface area contributed by atoms with Gasteiger partial charge >= 0.3 is 6.09 Å². The Morgan fingerprint density at radius 2 is 2.07 bits per heavy atom. The number of carbonyl (C=O) groups excluding carboxylic acids is 2. The molecule has 2 aromatic rings. The molecule has 8 nitrogen and oxygen atoms in total. The third-order valence-electron chi connectivity index (χ3n) is 5.21. The molecule has 2 unspecified atom stereocenters. The maximum absolute atomic E-state index is 12.3. The first kappa shape index (κ1) is 18.5. The van der Waals surface area contributed by atoms with Crippen LogP contribution < -0.4 is 5.32 Å². The lowest BCUT2D eigenvalue weighted by Crippen LogP contribution is -2.38. The van der Waals surface area contributed by atoms with E-state index in [1.807, 2.05) is 26.8 Å². The van der Waals surface area contributed by atoms with Crippen LogP contribution in [0.2, 0.25) is 0 Å². The molecule has 3 heterocycles. The van der Waals surface area contributed by atoms with E-state index in [1.54, 1.807) is 29.4 Å². The molecule has 2 fully saturated rings. The summed E-state index contributed by atoms with van der Waals surface area (Å²) in [6.45, 7) is 7.55. The van der Waals surface area contributed by atoms with E-state index in [9.17, 15) is 9.59 Å². The van der Waals surface area contributed by atoms with Gasteiger partial charge in [0.05, 0.1) is 0 Å². The maximum atomic E-state index is 12.3. The van der Waals surface area contributed by atoms with Gasteiger partial charge in [0.2, 0.25) is 0 Å². The predicted octanol–water partition coefficient (Wildman–Crippen LogP) is 2.58. The SMILES string of the molecule is CC(C)(C)OC(=O)N1CC2C(CNC(=O)c3cc(-c4cccnc4)on3)C2C1. The van der Waals surface area contributed by atoms with Crippen LogP contribution in [0.1, 0.15) is 31.3 Å². The van der Waals surface area contributed by atoms with Crippen molar-refractivity contribution in [1.82, 2.24) is 20.4 Å². The van der Waals surface area contributed by atoms with E-state index in [0.717, 1.165) is 5.56 Å². The zero-order valence-corrected chi connectivity index (χ0v) is 16.2. The van der Waals surface area contributed by atoms with Crippen LogP contribution in [0.25, 0.3) is 11.3 Å². The van der Waals surface area contributed by atoms with Crippen molar-refractivity contribution < 1.29 is 18.8 Å². The van der Waals surface area contributed by atoms with Crippen molar-refractivity contribution in [2.75, 3.05) is 19.6 Å². The fourth-order valence-electron chi connectivity index (χ4n) is 3.76. The molecule has 2 aliphatic rings. The zero-order chi connectivity index (χ0) is 19.9. The molecule has 1 aliphatic carbocycles. The van der Waals surface area contributed by atoms with E-state index in [4.69, 9.17) is 9.26 Å². The molecule has 2 atom stereocenters. The number of fused-ring (bicyclic) bond motifs is 1. The lowest BCUT2D eigenvalue weighted by molar-refractivity contribution is 0.0265. The minimum Gasteiger partial charge on any atom is -0.444 e. The monoisotopic (exact) mass is 384 g/mol. The number of nitrogens with one attached hydrogen (secondary N) is 1. The summed E-state index contributed by atoms with van der Waals surface area (Å²) in [5.41, 5.74) is 0.539. The molecule has 1 N–H and O–H groups in total. The molecule has 4 rings (SSSR count). The van der Waals surface area contributed by atoms with Crippen molar-refractivity contribution in [1.29, 1.82) is 0 Å². The van der Waals surface area contributed by atoms with Gasteiger partial charge in [-0.25, -0.2) is 4.79 Å². The molecule has 0 spiro atoms. The van der Waals surface area contributed by atoms with Crippen molar-refractivity contribution in [3.63, 3.8) is 0 Å². The summed E-state index contributed by atoms with van der Waals surface area (Å²) in [5.74, 6) is 1.50. The lowest BCUT2D eigenvalue weighted by Gasteiger charge is -2.25. The Labute approximate surface area is 163 Å². The van der Waals surface area contributed by atoms with Gasteiger partial charge < -0.3 is 19.5 Å². The molecular formula is C20H24N4O4. The highest BCUT2D eigenvalue weighted by Crippen LogP contribution is 2.51. The minimum atomic E-state index is -0.483. The molecule has 28 heavy (non-hydrogen) atoms. The minimum absolute atomic E-state index is 0.250. The van der Waals surface area contributed by atoms with Crippen LogP contribution in [0.4, 0.5) is 4.79 Å². The van der Waals surface area contributed by atoms with Crippen molar-refractivity contribution in [2.45, 2.75) is 26.4 Å². The summed E-state index contributed by atoms with van der Waals surface area (Å²) in [6.07, 6.45) is 3.07. The van der Waals surface area contributed by atoms with Gasteiger partial charge in [-0.2, -0.15) is 0 Å². The quantitative estimate of drug-likeness (QED) is 0.870. The summed E-state index contributed by atoms with van der Waals surface area (Å²) < 4.78 is 10.7. The normalized spacial score (nSPS) is 23.2. The fraction of sp³-hybridized carbons (Fsp3) is 0.500. The smallest absolute Gasteiger partial charge is 0.410 e. The van der Waals surface area contributed by atoms with Gasteiger partial charge in [0, 0.05) is 43.7 Å². The predicted molar refractivity (Wildman–Crippen MR) is 100 cm³/mol. The molecule has 2 aromatic heterocycles. The standard InChI is InChI=1S/C20H24N4O4/c1-20(2,3)27-19(26)24-10-14-13(15(14)11-24)9-22-18(25)16-7-17(28-23-16)12-5-4-6-21-8-12/h4-8,13-15H,9-11H2,1-3H3,(H,22,25). The largest absolute Gasteiger partial charge is 0.444 e. The third-order valence-corrected chi connectivity index (χ3v) is 5.21. The second-order valence-electron chi connectivity index (χ2n) is 8.41. The van der Waals surface area contributed by atoms with Gasteiger partial charge in [0.15, 0.2) is 11.5 Å². The van der Waals surface area contributed by atoms with Crippen molar-refractivity contribution in [3.05, 3.63) is 36.3 Å². The molecule has 0 aromatic carbocycles. The van der Waals surface area contributed by atoms with E-state index in [0.29, 0.717) is 43.1 Å². The first-order valence-corrected chi connectivity index (χ1v) is 9.45. The van der Waals surface area contributed by atoms with Crippen LogP contribution in [0.5, 0.6) is 0 Å². The van der Waals surface area contributed by atoms with Crippen molar-refractivity contribution in [2.24, 2.45) is 17.8 Å². The van der Waals surface area contributed by atoms with Crippen molar-refractivity contribution >= 4 is 12.0 Å². The number of rotatable bonds is 4. The highest BCUT2D eigenvalue weighted by atomic mass is 16.6. The number of pyridine rings is 1. The summed E-state index contributed by atoms with van der Waals surface area (Å²) >= 11 is 0. The number of hydrogen-bond donors (Lipinski definition) is 1. The van der Waals surface area contributed by atoms with E-state index in [2.05, 4.69) is 15.5 Å². The van der Waals surface area contributed by atoms with Gasteiger partial charge in [-0.1, -0.05) is 5.16 Å². The highest BCUT2D eigenvalue weighted by molar-refractivity contribution is 5.93. The molecule has 2 amide bonds. The van der Waals surface area contributed by atoms with Gasteiger partial charge in [0.25, 0.3) is 5.91 Å². The second-order valence-corrected chi connectivity index (χ2v) is 8.41. The van der Waals surface area contributed by atoms with Gasteiger partial charge in [-0.3, -0.25) is 9.78 Å². The van der Waals surface area contributed by atoms with Crippen LogP contribution in [-0.4, -0.2) is 52.3 Å². The number of piperidine rings is 1. The maximum Gasteiger partial charge on any atom is 0.410 e. The summed E-state index contributed by atoms with van der Waals surface area (Å²) in [5, 5.41) is 6.77. The molecule has 0 radical (unpaired) electrons. The first-order valence-electron chi connectivity index (χ1n) is 9.45. The van der Waals surface area contributed by atoms with E-state index >= 15 is 0 Å². The van der Waals surface area contributed by atoms with Crippen LogP contribution in [-0.2, 0) is 4.74 Å². The average molecular weight is 384 g/mol. The third kappa shape index (κ3) is 3.85. The molecule has 1 saturated carbocycles. The summed E-state index contributed by atoms with van der Waals surface area (Å²) in [6, 6.07) is 5.26. The fourth-order valence-corrected chi connectivity index (χ4v) is 3.76. The Morgan fingerprint density at radius 3 is 2.71 bits per heavy atom. The molecule has 148 valence electrons. The number of nitrogens with zero attached hydrogens (tertiary/aromatic N) is 3. The van der Waals surface area contributed by atoms with Crippen LogP contribution in [0.15, 0.2) is 35.1 Å². The lowest BCUT2D eigenvalue weighted by atomic mass is 10.2. The van der Waals surface area contributed by atoms with Gasteiger partial charge in [0.1, 0.15) is 5.60 Å². The molecule has 8 heteroatoms. The summed E-state index contributed by atoms with van der Waals surface area (Å²) in [7, 11) is 0. The zero-order valence-electron chi connectivity index (χ0n) is 16.2. The molecule has 0 bridgehead atoms. The second kappa shape index (κ2) is 6.92. The number of likely N-dealkylation sites (tertiary alicyclic amines) is 1. The molecule has 1 aliphatic heterocycles. The Balaban J connectivity index is 1.25. The van der Waals surface area contributed by atoms with Crippen LogP contribution >= 0.6 is 0 Å². The van der Waals surface area contributed by atoms with E-state index in [-0.39, 0.29) is 17.7 Å². The Morgan fingerprint density at radius 1 is 1.32 bits per heavy atom. The number of carbonyl (C=O) groups is 2. The number of hydrogen-bond acceptors (Lipinski definition) is 6. The van der Waals surface area contributed by atoms with E-state index < -0.39 is 5.60 Å². The Bertz CT molecular complexity index is 862. The van der Waals surface area contributed by atoms with Crippen molar-refractivity contribution in [3.8, 4) is 11.3 Å². The summed E-state index contributed by atoms with van der Waals surface area (Å²) in [4.78, 5) is 30.2. The van der Waals surface area contributed by atoms with Crippen LogP contribution in [0, 0.1) is 17.8 Å². The number of ether oxygens (including phenoxy) is 1. The van der Waals surface area contributed by atoms with Crippen LogP contribution in [0.3, 0.4) is 0 Å². The van der Waals surface area contributed by atoms with Gasteiger partial charge in [-0.15, -0.1) is 0 Å². The molecule has 1 saturated heterocycles. The van der Waals surface area contributed by atoms with E-state index in [1.165, 1.54) is 0 Å². The highest BCUT2D eigenvalue weighted by Gasteiger charge is 2.56. The Hall–Kier alpha value is -2.90. The first-order chi connectivity index (χ1) is 13.3. The topological polar surface area (TPSA) is 97.6 Å². The molecular weight excluding hydrogens is 360 g/mol.